The second kappa shape index (κ2) is 8.43. The molecule has 5 nitrogen and oxygen atoms in total. The van der Waals surface area contributed by atoms with Crippen molar-refractivity contribution in [1.29, 1.82) is 0 Å². The molecule has 0 spiro atoms. The van der Waals surface area contributed by atoms with Crippen molar-refractivity contribution in [2.45, 2.75) is 12.8 Å². The molecule has 0 fully saturated rings. The number of carbonyl (C=O) groups excluding carboxylic acids is 2. The summed E-state index contributed by atoms with van der Waals surface area (Å²) in [5.41, 5.74) is 1.78. The van der Waals surface area contributed by atoms with E-state index in [1.807, 2.05) is 24.3 Å². The molecule has 0 aliphatic carbocycles. The fraction of sp³-hybridized carbons (Fsp3) is 0.235. The molecule has 0 radical (unpaired) electrons. The lowest BCUT2D eigenvalue weighted by molar-refractivity contribution is -0.133. The summed E-state index contributed by atoms with van der Waals surface area (Å²) in [5, 5.41) is 2.71. The number of aromatic nitrogens is 1. The number of carbonyl (C=O) groups is 2. The summed E-state index contributed by atoms with van der Waals surface area (Å²) in [5.74, 6) is -0.512. The number of anilines is 1. The molecule has 120 valence electrons. The molecule has 0 aliphatic rings. The average Bonchev–Trinajstić information content (AvgIpc) is 2.55. The monoisotopic (exact) mass is 375 g/mol. The van der Waals surface area contributed by atoms with Crippen LogP contribution < -0.4 is 5.32 Å². The minimum absolute atomic E-state index is 0.164. The van der Waals surface area contributed by atoms with Crippen LogP contribution in [0.3, 0.4) is 0 Å². The minimum atomic E-state index is -0.312. The van der Waals surface area contributed by atoms with Gasteiger partial charge in [-0.2, -0.15) is 0 Å². The fourth-order valence-electron chi connectivity index (χ4n) is 1.98. The molecular formula is C17H18BrN3O2. The van der Waals surface area contributed by atoms with Gasteiger partial charge in [0, 0.05) is 36.1 Å². The summed E-state index contributed by atoms with van der Waals surface area (Å²) in [6.07, 6.45) is 4.02. The fourth-order valence-corrected chi connectivity index (χ4v) is 2.25. The van der Waals surface area contributed by atoms with E-state index in [0.717, 1.165) is 16.5 Å². The van der Waals surface area contributed by atoms with E-state index in [4.69, 9.17) is 0 Å². The van der Waals surface area contributed by atoms with Gasteiger partial charge >= 0.3 is 0 Å². The molecule has 0 saturated carbocycles. The van der Waals surface area contributed by atoms with Crippen LogP contribution in [0.15, 0.2) is 53.3 Å². The van der Waals surface area contributed by atoms with Gasteiger partial charge in [0.1, 0.15) is 6.42 Å². The van der Waals surface area contributed by atoms with E-state index in [2.05, 4.69) is 26.2 Å². The normalized spacial score (nSPS) is 10.2. The van der Waals surface area contributed by atoms with Crippen molar-refractivity contribution in [2.75, 3.05) is 18.9 Å². The Morgan fingerprint density at radius 2 is 1.78 bits per heavy atom. The average molecular weight is 376 g/mol. The Kier molecular flexibility index (Phi) is 6.29. The minimum Gasteiger partial charge on any atom is -0.345 e. The molecule has 0 aliphatic heterocycles. The van der Waals surface area contributed by atoms with Crippen molar-refractivity contribution >= 4 is 33.4 Å². The van der Waals surface area contributed by atoms with Gasteiger partial charge in [-0.3, -0.25) is 14.6 Å². The van der Waals surface area contributed by atoms with Gasteiger partial charge in [-0.05, 0) is 48.4 Å². The third-order valence-electron chi connectivity index (χ3n) is 3.35. The molecule has 2 rings (SSSR count). The van der Waals surface area contributed by atoms with E-state index in [9.17, 15) is 9.59 Å². The van der Waals surface area contributed by atoms with E-state index >= 15 is 0 Å². The summed E-state index contributed by atoms with van der Waals surface area (Å²) in [7, 11) is 1.70. The topological polar surface area (TPSA) is 62.3 Å². The van der Waals surface area contributed by atoms with E-state index in [1.54, 1.807) is 36.5 Å². The number of benzene rings is 1. The van der Waals surface area contributed by atoms with Gasteiger partial charge in [-0.25, -0.2) is 0 Å². The zero-order chi connectivity index (χ0) is 16.7. The SMILES string of the molecule is CN(CCc1ccncc1)C(=O)CC(=O)Nc1ccc(Br)cc1. The van der Waals surface area contributed by atoms with Crippen LogP contribution in [-0.2, 0) is 16.0 Å². The molecule has 0 bridgehead atoms. The lowest BCUT2D eigenvalue weighted by atomic mass is 10.2. The number of pyridine rings is 1. The lowest BCUT2D eigenvalue weighted by Crippen LogP contribution is -2.32. The maximum absolute atomic E-state index is 12.1. The van der Waals surface area contributed by atoms with Gasteiger partial charge in [-0.1, -0.05) is 15.9 Å². The van der Waals surface area contributed by atoms with Crippen LogP contribution in [-0.4, -0.2) is 35.3 Å². The van der Waals surface area contributed by atoms with E-state index in [-0.39, 0.29) is 18.2 Å². The molecule has 1 heterocycles. The van der Waals surface area contributed by atoms with Crippen LogP contribution in [0.1, 0.15) is 12.0 Å². The van der Waals surface area contributed by atoms with Crippen LogP contribution >= 0.6 is 15.9 Å². The first-order valence-corrected chi connectivity index (χ1v) is 8.02. The van der Waals surface area contributed by atoms with Gasteiger partial charge < -0.3 is 10.2 Å². The summed E-state index contributed by atoms with van der Waals surface area (Å²) in [6.45, 7) is 0.564. The quantitative estimate of drug-likeness (QED) is 0.789. The Hall–Kier alpha value is -2.21. The van der Waals surface area contributed by atoms with Gasteiger partial charge in [0.25, 0.3) is 0 Å². The zero-order valence-electron chi connectivity index (χ0n) is 12.8. The summed E-state index contributed by atoms with van der Waals surface area (Å²) in [4.78, 5) is 29.5. The van der Waals surface area contributed by atoms with Crippen molar-refractivity contribution in [3.8, 4) is 0 Å². The van der Waals surface area contributed by atoms with Crippen LogP contribution in [0.4, 0.5) is 5.69 Å². The molecule has 0 saturated heterocycles. The van der Waals surface area contributed by atoms with E-state index in [1.165, 1.54) is 0 Å². The molecular weight excluding hydrogens is 358 g/mol. The molecule has 0 atom stereocenters. The first-order valence-electron chi connectivity index (χ1n) is 7.23. The molecule has 2 amide bonds. The predicted molar refractivity (Wildman–Crippen MR) is 93.0 cm³/mol. The van der Waals surface area contributed by atoms with Crippen molar-refractivity contribution in [3.63, 3.8) is 0 Å². The summed E-state index contributed by atoms with van der Waals surface area (Å²) >= 11 is 3.33. The molecule has 1 N–H and O–H groups in total. The largest absolute Gasteiger partial charge is 0.345 e. The molecule has 2 aromatic rings. The van der Waals surface area contributed by atoms with Crippen molar-refractivity contribution in [3.05, 3.63) is 58.8 Å². The third-order valence-corrected chi connectivity index (χ3v) is 3.88. The molecule has 1 aromatic heterocycles. The highest BCUT2D eigenvalue weighted by Crippen LogP contribution is 2.14. The van der Waals surface area contributed by atoms with Crippen LogP contribution in [0.25, 0.3) is 0 Å². The number of hydrogen-bond donors (Lipinski definition) is 1. The van der Waals surface area contributed by atoms with Crippen molar-refractivity contribution < 1.29 is 9.59 Å². The maximum atomic E-state index is 12.1. The van der Waals surface area contributed by atoms with Crippen LogP contribution in [0, 0.1) is 0 Å². The molecule has 0 unspecified atom stereocenters. The van der Waals surface area contributed by atoms with E-state index in [0.29, 0.717) is 12.2 Å². The molecule has 1 aromatic carbocycles. The highest BCUT2D eigenvalue weighted by Gasteiger charge is 2.14. The first kappa shape index (κ1) is 17.1. The molecule has 6 heteroatoms. The number of amides is 2. The summed E-state index contributed by atoms with van der Waals surface area (Å²) in [6, 6.07) is 11.0. The highest BCUT2D eigenvalue weighted by atomic mass is 79.9. The predicted octanol–water partition coefficient (Wildman–Crippen LogP) is 2.87. The smallest absolute Gasteiger partial charge is 0.233 e. The second-order valence-electron chi connectivity index (χ2n) is 5.15. The highest BCUT2D eigenvalue weighted by molar-refractivity contribution is 9.10. The lowest BCUT2D eigenvalue weighted by Gasteiger charge is -2.17. The Bertz CT molecular complexity index is 659. The number of nitrogens with zero attached hydrogens (tertiary/aromatic N) is 2. The van der Waals surface area contributed by atoms with Gasteiger partial charge in [0.05, 0.1) is 0 Å². The number of rotatable bonds is 6. The zero-order valence-corrected chi connectivity index (χ0v) is 14.4. The Morgan fingerprint density at radius 1 is 1.13 bits per heavy atom. The van der Waals surface area contributed by atoms with E-state index < -0.39 is 0 Å². The Morgan fingerprint density at radius 3 is 2.43 bits per heavy atom. The van der Waals surface area contributed by atoms with Gasteiger partial charge in [-0.15, -0.1) is 0 Å². The number of likely N-dealkylation sites (N-methyl/N-ethyl adjacent to an activating group) is 1. The standard InChI is InChI=1S/C17H18BrN3O2/c1-21(11-8-13-6-9-19-10-7-13)17(23)12-16(22)20-15-4-2-14(18)3-5-15/h2-7,9-10H,8,11-12H2,1H3,(H,20,22). The third kappa shape index (κ3) is 5.83. The molecule has 23 heavy (non-hydrogen) atoms. The van der Waals surface area contributed by atoms with Gasteiger partial charge in [0.2, 0.25) is 11.8 Å². The summed E-state index contributed by atoms with van der Waals surface area (Å²) < 4.78 is 0.933. The van der Waals surface area contributed by atoms with Crippen LogP contribution in [0.2, 0.25) is 0 Å². The second-order valence-corrected chi connectivity index (χ2v) is 6.07. The number of hydrogen-bond acceptors (Lipinski definition) is 3. The number of halogens is 1. The Labute approximate surface area is 143 Å². The van der Waals surface area contributed by atoms with Gasteiger partial charge in [0.15, 0.2) is 0 Å². The number of nitrogens with one attached hydrogen (secondary N) is 1. The van der Waals surface area contributed by atoms with Crippen molar-refractivity contribution in [2.24, 2.45) is 0 Å². The first-order chi connectivity index (χ1) is 11.0. The Balaban J connectivity index is 1.78. The van der Waals surface area contributed by atoms with Crippen molar-refractivity contribution in [1.82, 2.24) is 9.88 Å². The maximum Gasteiger partial charge on any atom is 0.233 e. The van der Waals surface area contributed by atoms with Crippen LogP contribution in [0.5, 0.6) is 0 Å².